The monoisotopic (exact) mass is 251 g/mol. The zero-order chi connectivity index (χ0) is 12.8. The molecule has 1 aromatic carbocycles. The Morgan fingerprint density at radius 2 is 2.11 bits per heavy atom. The fraction of sp³-hybridized carbons (Fsp3) is 0.571. The van der Waals surface area contributed by atoms with Gasteiger partial charge in [0, 0.05) is 31.4 Å². The molecule has 4 nitrogen and oxygen atoms in total. The van der Waals surface area contributed by atoms with Gasteiger partial charge < -0.3 is 19.9 Å². The average molecular weight is 251 g/mol. The molecule has 2 rings (SSSR count). The van der Waals surface area contributed by atoms with E-state index >= 15 is 0 Å². The van der Waals surface area contributed by atoms with Crippen molar-refractivity contribution in [1.82, 2.24) is 0 Å². The molecule has 1 fully saturated rings. The van der Waals surface area contributed by atoms with E-state index in [1.807, 2.05) is 18.2 Å². The van der Waals surface area contributed by atoms with Crippen molar-refractivity contribution in [3.05, 3.63) is 23.8 Å². The van der Waals surface area contributed by atoms with Crippen molar-refractivity contribution in [1.29, 1.82) is 0 Å². The lowest BCUT2D eigenvalue weighted by Gasteiger charge is -2.22. The van der Waals surface area contributed by atoms with Crippen molar-refractivity contribution in [2.45, 2.75) is 19.4 Å². The first-order valence-corrected chi connectivity index (χ1v) is 6.41. The molecule has 4 heteroatoms. The second kappa shape index (κ2) is 6.61. The summed E-state index contributed by atoms with van der Waals surface area (Å²) in [7, 11) is 1.65. The molecule has 0 bridgehead atoms. The third-order valence-electron chi connectivity index (χ3n) is 3.31. The molecule has 1 heterocycles. The minimum absolute atomic E-state index is 0.479. The van der Waals surface area contributed by atoms with Gasteiger partial charge in [-0.3, -0.25) is 0 Å². The highest BCUT2D eigenvalue weighted by Crippen LogP contribution is 2.26. The Balaban J connectivity index is 1.97. The van der Waals surface area contributed by atoms with Gasteiger partial charge in [0.1, 0.15) is 11.5 Å². The van der Waals surface area contributed by atoms with Crippen LogP contribution in [0.3, 0.4) is 0 Å². The first kappa shape index (κ1) is 13.2. The minimum Gasteiger partial charge on any atom is -0.497 e. The molecule has 1 saturated heterocycles. The summed E-state index contributed by atoms with van der Waals surface area (Å²) in [4.78, 5) is 0. The summed E-state index contributed by atoms with van der Waals surface area (Å²) in [6.07, 6.45) is 2.14. The van der Waals surface area contributed by atoms with Crippen molar-refractivity contribution < 1.29 is 14.2 Å². The molecule has 0 aliphatic carbocycles. The molecule has 18 heavy (non-hydrogen) atoms. The van der Waals surface area contributed by atoms with Crippen LogP contribution in [0.25, 0.3) is 0 Å². The van der Waals surface area contributed by atoms with Crippen molar-refractivity contribution in [3.8, 4) is 11.5 Å². The SMILES string of the molecule is COc1ccc(CN)c(OCC2CCOCC2)c1. The highest BCUT2D eigenvalue weighted by atomic mass is 16.5. The van der Waals surface area contributed by atoms with Gasteiger partial charge in [-0.15, -0.1) is 0 Å². The summed E-state index contributed by atoms with van der Waals surface area (Å²) in [6.45, 7) is 2.89. The summed E-state index contributed by atoms with van der Waals surface area (Å²) in [5, 5.41) is 0. The standard InChI is InChI=1S/C14H21NO3/c1-16-13-3-2-12(9-15)14(8-13)18-10-11-4-6-17-7-5-11/h2-3,8,11H,4-7,9-10,15H2,1H3. The summed E-state index contributed by atoms with van der Waals surface area (Å²) < 4.78 is 16.4. The number of methoxy groups -OCH3 is 1. The van der Waals surface area contributed by atoms with Crippen LogP contribution >= 0.6 is 0 Å². The van der Waals surface area contributed by atoms with Gasteiger partial charge >= 0.3 is 0 Å². The molecule has 1 aliphatic heterocycles. The topological polar surface area (TPSA) is 53.7 Å². The minimum atomic E-state index is 0.479. The van der Waals surface area contributed by atoms with Gasteiger partial charge in [0.15, 0.2) is 0 Å². The Kier molecular flexibility index (Phi) is 4.84. The van der Waals surface area contributed by atoms with Gasteiger partial charge in [0.05, 0.1) is 13.7 Å². The van der Waals surface area contributed by atoms with Crippen molar-refractivity contribution in [3.63, 3.8) is 0 Å². The van der Waals surface area contributed by atoms with Crippen LogP contribution in [0.4, 0.5) is 0 Å². The molecule has 0 saturated carbocycles. The number of ether oxygens (including phenoxy) is 3. The largest absolute Gasteiger partial charge is 0.497 e. The first-order valence-electron chi connectivity index (χ1n) is 6.41. The first-order chi connectivity index (χ1) is 8.83. The zero-order valence-corrected chi connectivity index (χ0v) is 10.9. The average Bonchev–Trinajstić information content (AvgIpc) is 2.45. The van der Waals surface area contributed by atoms with E-state index in [-0.39, 0.29) is 0 Å². The van der Waals surface area contributed by atoms with Crippen LogP contribution in [0.5, 0.6) is 11.5 Å². The van der Waals surface area contributed by atoms with Crippen LogP contribution < -0.4 is 15.2 Å². The van der Waals surface area contributed by atoms with Gasteiger partial charge in [0.2, 0.25) is 0 Å². The molecular weight excluding hydrogens is 230 g/mol. The Morgan fingerprint density at radius 3 is 2.78 bits per heavy atom. The molecule has 0 atom stereocenters. The second-order valence-electron chi connectivity index (χ2n) is 4.54. The lowest BCUT2D eigenvalue weighted by Crippen LogP contribution is -2.21. The molecule has 1 aromatic rings. The smallest absolute Gasteiger partial charge is 0.127 e. The number of rotatable bonds is 5. The molecule has 0 spiro atoms. The number of nitrogens with two attached hydrogens (primary N) is 1. The highest BCUT2D eigenvalue weighted by molar-refractivity contribution is 5.40. The van der Waals surface area contributed by atoms with E-state index in [4.69, 9.17) is 19.9 Å². The summed E-state index contributed by atoms with van der Waals surface area (Å²) in [5.74, 6) is 2.22. The summed E-state index contributed by atoms with van der Waals surface area (Å²) in [6, 6.07) is 5.77. The third-order valence-corrected chi connectivity index (χ3v) is 3.31. The van der Waals surface area contributed by atoms with Crippen LogP contribution in [0.2, 0.25) is 0 Å². The Bertz CT molecular complexity index is 375. The zero-order valence-electron chi connectivity index (χ0n) is 10.9. The van der Waals surface area contributed by atoms with Gasteiger partial charge in [-0.2, -0.15) is 0 Å². The molecule has 0 radical (unpaired) electrons. The fourth-order valence-corrected chi connectivity index (χ4v) is 2.09. The summed E-state index contributed by atoms with van der Waals surface area (Å²) in [5.41, 5.74) is 6.73. The number of hydrogen-bond acceptors (Lipinski definition) is 4. The van der Waals surface area contributed by atoms with Crippen LogP contribution in [-0.2, 0) is 11.3 Å². The quantitative estimate of drug-likeness (QED) is 0.869. The Morgan fingerprint density at radius 1 is 1.33 bits per heavy atom. The molecule has 0 amide bonds. The third kappa shape index (κ3) is 3.37. The fourth-order valence-electron chi connectivity index (χ4n) is 2.09. The normalized spacial score (nSPS) is 16.6. The van der Waals surface area contributed by atoms with Crippen LogP contribution in [0.15, 0.2) is 18.2 Å². The predicted molar refractivity (Wildman–Crippen MR) is 69.9 cm³/mol. The van der Waals surface area contributed by atoms with Gasteiger partial charge in [-0.05, 0) is 24.8 Å². The molecular formula is C14H21NO3. The second-order valence-corrected chi connectivity index (χ2v) is 4.54. The van der Waals surface area contributed by atoms with E-state index in [9.17, 15) is 0 Å². The predicted octanol–water partition coefficient (Wildman–Crippen LogP) is 1.96. The van der Waals surface area contributed by atoms with Gasteiger partial charge in [-0.25, -0.2) is 0 Å². The van der Waals surface area contributed by atoms with E-state index in [1.165, 1.54) is 0 Å². The van der Waals surface area contributed by atoms with E-state index in [0.29, 0.717) is 12.5 Å². The maximum atomic E-state index is 5.89. The van der Waals surface area contributed by atoms with Crippen molar-refractivity contribution >= 4 is 0 Å². The molecule has 1 aliphatic rings. The Labute approximate surface area is 108 Å². The van der Waals surface area contributed by atoms with Crippen LogP contribution in [-0.4, -0.2) is 26.9 Å². The van der Waals surface area contributed by atoms with Crippen molar-refractivity contribution in [2.24, 2.45) is 11.7 Å². The Hall–Kier alpha value is -1.26. The van der Waals surface area contributed by atoms with E-state index in [2.05, 4.69) is 0 Å². The van der Waals surface area contributed by atoms with Crippen molar-refractivity contribution in [2.75, 3.05) is 26.9 Å². The maximum absolute atomic E-state index is 5.89. The van der Waals surface area contributed by atoms with Gasteiger partial charge in [-0.1, -0.05) is 6.07 Å². The van der Waals surface area contributed by atoms with E-state index in [1.54, 1.807) is 7.11 Å². The lowest BCUT2D eigenvalue weighted by atomic mass is 10.0. The number of hydrogen-bond donors (Lipinski definition) is 1. The van der Waals surface area contributed by atoms with E-state index in [0.717, 1.165) is 49.7 Å². The van der Waals surface area contributed by atoms with E-state index < -0.39 is 0 Å². The highest BCUT2D eigenvalue weighted by Gasteiger charge is 2.15. The van der Waals surface area contributed by atoms with Gasteiger partial charge in [0.25, 0.3) is 0 Å². The molecule has 0 unspecified atom stereocenters. The maximum Gasteiger partial charge on any atom is 0.127 e. The number of benzene rings is 1. The summed E-state index contributed by atoms with van der Waals surface area (Å²) >= 11 is 0. The van der Waals surface area contributed by atoms with Crippen LogP contribution in [0.1, 0.15) is 18.4 Å². The van der Waals surface area contributed by atoms with Crippen LogP contribution in [0, 0.1) is 5.92 Å². The molecule has 2 N–H and O–H groups in total. The molecule has 0 aromatic heterocycles. The lowest BCUT2D eigenvalue weighted by molar-refractivity contribution is 0.0496. The molecule has 100 valence electrons.